The Morgan fingerprint density at radius 1 is 1.13 bits per heavy atom. The minimum absolute atomic E-state index is 0.110. The number of carbonyl (C=O) groups is 3. The third kappa shape index (κ3) is 6.68. The van der Waals surface area contributed by atoms with Gasteiger partial charge in [-0.1, -0.05) is 6.07 Å². The number of nitrogens with one attached hydrogen (secondary N) is 1. The summed E-state index contributed by atoms with van der Waals surface area (Å²) in [5.74, 6) is -0.593. The Balaban J connectivity index is 2.38. The molecule has 126 valence electrons. The van der Waals surface area contributed by atoms with Crippen LogP contribution in [0.5, 0.6) is 11.5 Å². The summed E-state index contributed by atoms with van der Waals surface area (Å²) in [6.07, 6.45) is 0.542. The Labute approximate surface area is 133 Å². The first-order chi connectivity index (χ1) is 11.0. The number of rotatable bonds is 9. The van der Waals surface area contributed by atoms with Gasteiger partial charge in [0.1, 0.15) is 0 Å². The Bertz CT molecular complexity index is 573. The number of carbonyl (C=O) groups excluding carboxylic acids is 3. The van der Waals surface area contributed by atoms with E-state index in [1.807, 2.05) is 6.07 Å². The predicted molar refractivity (Wildman–Crippen MR) is 81.0 cm³/mol. The van der Waals surface area contributed by atoms with Crippen LogP contribution in [-0.4, -0.2) is 45.2 Å². The summed E-state index contributed by atoms with van der Waals surface area (Å²) >= 11 is 0. The van der Waals surface area contributed by atoms with E-state index in [1.165, 1.54) is 14.2 Å². The van der Waals surface area contributed by atoms with E-state index < -0.39 is 24.4 Å². The normalized spacial score (nSPS) is 9.83. The topological polar surface area (TPSA) is 117 Å². The maximum atomic E-state index is 11.6. The summed E-state index contributed by atoms with van der Waals surface area (Å²) in [5, 5.41) is 2.22. The number of amides is 2. The number of primary amides is 1. The second-order valence-electron chi connectivity index (χ2n) is 4.59. The number of aryl methyl sites for hydroxylation is 1. The molecule has 2 amide bonds. The van der Waals surface area contributed by atoms with Crippen molar-refractivity contribution in [2.75, 3.05) is 27.4 Å². The largest absolute Gasteiger partial charge is 0.493 e. The quantitative estimate of drug-likeness (QED) is 0.607. The van der Waals surface area contributed by atoms with Crippen LogP contribution >= 0.6 is 0 Å². The molecule has 1 aromatic rings. The molecule has 0 saturated heterocycles. The van der Waals surface area contributed by atoms with Crippen LogP contribution in [-0.2, 0) is 25.5 Å². The molecule has 8 heteroatoms. The number of ether oxygens (including phenoxy) is 3. The number of hydrogen-bond donors (Lipinski definition) is 2. The van der Waals surface area contributed by atoms with Gasteiger partial charge < -0.3 is 25.3 Å². The van der Waals surface area contributed by atoms with Crippen molar-refractivity contribution in [1.29, 1.82) is 0 Å². The molecule has 0 radical (unpaired) electrons. The fraction of sp³-hybridized carbons (Fsp3) is 0.400. The summed E-state index contributed by atoms with van der Waals surface area (Å²) in [7, 11) is 3.07. The molecular formula is C15H20N2O6. The smallest absolute Gasteiger partial charge is 0.306 e. The Morgan fingerprint density at radius 2 is 1.83 bits per heavy atom. The summed E-state index contributed by atoms with van der Waals surface area (Å²) in [4.78, 5) is 33.3. The van der Waals surface area contributed by atoms with E-state index >= 15 is 0 Å². The number of hydrogen-bond acceptors (Lipinski definition) is 6. The molecular weight excluding hydrogens is 304 g/mol. The molecule has 0 fully saturated rings. The van der Waals surface area contributed by atoms with Crippen molar-refractivity contribution < 1.29 is 28.6 Å². The first kappa shape index (κ1) is 18.3. The molecule has 0 aliphatic rings. The molecule has 1 aromatic carbocycles. The van der Waals surface area contributed by atoms with Gasteiger partial charge in [-0.15, -0.1) is 0 Å². The van der Waals surface area contributed by atoms with Crippen molar-refractivity contribution in [3.63, 3.8) is 0 Å². The highest BCUT2D eigenvalue weighted by Gasteiger charge is 2.10. The molecule has 0 bridgehead atoms. The van der Waals surface area contributed by atoms with Gasteiger partial charge in [-0.2, -0.15) is 0 Å². The van der Waals surface area contributed by atoms with Crippen molar-refractivity contribution in [1.82, 2.24) is 5.32 Å². The van der Waals surface area contributed by atoms with E-state index in [0.717, 1.165) is 5.56 Å². The average Bonchev–Trinajstić information content (AvgIpc) is 2.55. The molecule has 0 aromatic heterocycles. The lowest BCUT2D eigenvalue weighted by atomic mass is 10.1. The van der Waals surface area contributed by atoms with E-state index in [1.54, 1.807) is 12.1 Å². The van der Waals surface area contributed by atoms with Crippen molar-refractivity contribution in [3.05, 3.63) is 23.8 Å². The molecule has 8 nitrogen and oxygen atoms in total. The van der Waals surface area contributed by atoms with Crippen molar-refractivity contribution in [2.24, 2.45) is 5.73 Å². The lowest BCUT2D eigenvalue weighted by Crippen LogP contribution is -2.36. The molecule has 1 rings (SSSR count). The zero-order chi connectivity index (χ0) is 17.2. The summed E-state index contributed by atoms with van der Waals surface area (Å²) in [5.41, 5.74) is 5.75. The van der Waals surface area contributed by atoms with E-state index in [0.29, 0.717) is 17.9 Å². The Morgan fingerprint density at radius 3 is 2.43 bits per heavy atom. The lowest BCUT2D eigenvalue weighted by molar-refractivity contribution is -0.148. The highest BCUT2D eigenvalue weighted by atomic mass is 16.5. The van der Waals surface area contributed by atoms with Crippen LogP contribution in [0.25, 0.3) is 0 Å². The monoisotopic (exact) mass is 324 g/mol. The molecule has 23 heavy (non-hydrogen) atoms. The second kappa shape index (κ2) is 9.29. The molecule has 3 N–H and O–H groups in total. The predicted octanol–water partition coefficient (Wildman–Crippen LogP) is -0.219. The summed E-state index contributed by atoms with van der Waals surface area (Å²) in [6.45, 7) is -0.736. The Hall–Kier alpha value is -2.77. The maximum Gasteiger partial charge on any atom is 0.306 e. The van der Waals surface area contributed by atoms with E-state index in [-0.39, 0.29) is 13.0 Å². The van der Waals surface area contributed by atoms with Crippen LogP contribution in [0.15, 0.2) is 18.2 Å². The summed E-state index contributed by atoms with van der Waals surface area (Å²) < 4.78 is 15.1. The van der Waals surface area contributed by atoms with Crippen LogP contribution < -0.4 is 20.5 Å². The first-order valence-corrected chi connectivity index (χ1v) is 6.87. The maximum absolute atomic E-state index is 11.6. The zero-order valence-corrected chi connectivity index (χ0v) is 13.1. The van der Waals surface area contributed by atoms with Crippen LogP contribution in [0.3, 0.4) is 0 Å². The minimum atomic E-state index is -0.668. The van der Waals surface area contributed by atoms with Gasteiger partial charge in [0, 0.05) is 6.42 Å². The van der Waals surface area contributed by atoms with Crippen molar-refractivity contribution in [3.8, 4) is 11.5 Å². The molecule has 0 aliphatic heterocycles. The van der Waals surface area contributed by atoms with E-state index in [9.17, 15) is 14.4 Å². The molecule has 0 aliphatic carbocycles. The zero-order valence-electron chi connectivity index (χ0n) is 13.1. The molecule has 0 heterocycles. The van der Waals surface area contributed by atoms with Crippen molar-refractivity contribution in [2.45, 2.75) is 12.8 Å². The van der Waals surface area contributed by atoms with Gasteiger partial charge in [-0.25, -0.2) is 0 Å². The number of esters is 1. The van der Waals surface area contributed by atoms with Crippen LogP contribution in [0.4, 0.5) is 0 Å². The van der Waals surface area contributed by atoms with Crippen molar-refractivity contribution >= 4 is 17.8 Å². The van der Waals surface area contributed by atoms with Gasteiger partial charge >= 0.3 is 5.97 Å². The number of nitrogens with two attached hydrogens (primary N) is 1. The average molecular weight is 324 g/mol. The van der Waals surface area contributed by atoms with E-state index in [4.69, 9.17) is 19.9 Å². The summed E-state index contributed by atoms with van der Waals surface area (Å²) in [6, 6.07) is 5.33. The second-order valence-corrected chi connectivity index (χ2v) is 4.59. The molecule has 0 saturated carbocycles. The molecule has 0 atom stereocenters. The third-order valence-electron chi connectivity index (χ3n) is 2.89. The first-order valence-electron chi connectivity index (χ1n) is 6.87. The molecule has 0 spiro atoms. The van der Waals surface area contributed by atoms with Gasteiger partial charge in [-0.05, 0) is 24.1 Å². The standard InChI is InChI=1S/C15H20N2O6/c1-21-11-5-3-10(7-12(11)22-2)4-6-15(20)23-9-14(19)17-8-13(16)18/h3,5,7H,4,6,8-9H2,1-2H3,(H2,16,18)(H,17,19). The fourth-order valence-corrected chi connectivity index (χ4v) is 1.74. The third-order valence-corrected chi connectivity index (χ3v) is 2.89. The Kier molecular flexibility index (Phi) is 7.38. The van der Waals surface area contributed by atoms with E-state index in [2.05, 4.69) is 5.32 Å². The van der Waals surface area contributed by atoms with Gasteiger partial charge in [0.25, 0.3) is 5.91 Å². The number of methoxy groups -OCH3 is 2. The van der Waals surface area contributed by atoms with Gasteiger partial charge in [0.15, 0.2) is 18.1 Å². The van der Waals surface area contributed by atoms with Crippen LogP contribution in [0, 0.1) is 0 Å². The van der Waals surface area contributed by atoms with Gasteiger partial charge in [0.05, 0.1) is 20.8 Å². The highest BCUT2D eigenvalue weighted by Crippen LogP contribution is 2.27. The van der Waals surface area contributed by atoms with Gasteiger partial charge in [-0.3, -0.25) is 14.4 Å². The van der Waals surface area contributed by atoms with Crippen LogP contribution in [0.2, 0.25) is 0 Å². The number of benzene rings is 1. The SMILES string of the molecule is COc1ccc(CCC(=O)OCC(=O)NCC(N)=O)cc1OC. The molecule has 0 unspecified atom stereocenters. The fourth-order valence-electron chi connectivity index (χ4n) is 1.74. The lowest BCUT2D eigenvalue weighted by Gasteiger charge is -2.09. The van der Waals surface area contributed by atoms with Gasteiger partial charge in [0.2, 0.25) is 5.91 Å². The van der Waals surface area contributed by atoms with Crippen LogP contribution in [0.1, 0.15) is 12.0 Å². The highest BCUT2D eigenvalue weighted by molar-refractivity contribution is 5.85. The minimum Gasteiger partial charge on any atom is -0.493 e.